The van der Waals surface area contributed by atoms with Crippen molar-refractivity contribution in [2.75, 3.05) is 6.54 Å². The highest BCUT2D eigenvalue weighted by Gasteiger charge is 2.15. The van der Waals surface area contributed by atoms with Crippen LogP contribution in [0.4, 0.5) is 0 Å². The molecule has 0 saturated heterocycles. The molecular weight excluding hydrogens is 264 g/mol. The highest BCUT2D eigenvalue weighted by Crippen LogP contribution is 2.12. The van der Waals surface area contributed by atoms with Crippen LogP contribution in [0.1, 0.15) is 45.1 Å². The van der Waals surface area contributed by atoms with Crippen molar-refractivity contribution >= 4 is 5.91 Å². The number of rotatable bonds is 9. The summed E-state index contributed by atoms with van der Waals surface area (Å²) in [6.45, 7) is 5.04. The van der Waals surface area contributed by atoms with Crippen molar-refractivity contribution in [2.45, 2.75) is 52.0 Å². The lowest BCUT2D eigenvalue weighted by atomic mass is 9.99. The first-order valence-electron chi connectivity index (χ1n) is 7.88. The zero-order valence-corrected chi connectivity index (χ0v) is 13.1. The Hall–Kier alpha value is -1.55. The Labute approximate surface area is 127 Å². The quantitative estimate of drug-likeness (QED) is 0.655. The highest BCUT2D eigenvalue weighted by atomic mass is 16.3. The summed E-state index contributed by atoms with van der Waals surface area (Å²) in [5, 5.41) is 12.2. The zero-order valence-electron chi connectivity index (χ0n) is 13.1. The molecule has 4 N–H and O–H groups in total. The molecule has 21 heavy (non-hydrogen) atoms. The van der Waals surface area contributed by atoms with Crippen LogP contribution in [0.25, 0.3) is 0 Å². The van der Waals surface area contributed by atoms with E-state index in [1.807, 2.05) is 0 Å². The molecule has 0 aliphatic rings. The largest absolute Gasteiger partial charge is 0.508 e. The van der Waals surface area contributed by atoms with Gasteiger partial charge in [-0.05, 0) is 36.5 Å². The van der Waals surface area contributed by atoms with E-state index in [1.54, 1.807) is 24.3 Å². The molecule has 118 valence electrons. The second-order valence-electron chi connectivity index (χ2n) is 5.64. The molecule has 1 aromatic rings. The lowest BCUT2D eigenvalue weighted by Gasteiger charge is -2.17. The summed E-state index contributed by atoms with van der Waals surface area (Å²) < 4.78 is 0. The van der Waals surface area contributed by atoms with Gasteiger partial charge in [-0.3, -0.25) is 4.79 Å². The van der Waals surface area contributed by atoms with Crippen LogP contribution in [0.3, 0.4) is 0 Å². The lowest BCUT2D eigenvalue weighted by molar-refractivity contribution is -0.122. The van der Waals surface area contributed by atoms with Crippen molar-refractivity contribution < 1.29 is 9.90 Å². The van der Waals surface area contributed by atoms with Gasteiger partial charge in [0.05, 0.1) is 6.04 Å². The first-order valence-corrected chi connectivity index (χ1v) is 7.88. The summed E-state index contributed by atoms with van der Waals surface area (Å²) in [4.78, 5) is 12.0. The molecule has 2 atom stereocenters. The third-order valence-electron chi connectivity index (χ3n) is 3.84. The molecule has 1 unspecified atom stereocenters. The monoisotopic (exact) mass is 292 g/mol. The van der Waals surface area contributed by atoms with Crippen molar-refractivity contribution in [3.8, 4) is 5.75 Å². The SMILES string of the molecule is CCCCC(CC)CNC(=O)[C@@H](N)Cc1ccc(O)cc1. The smallest absolute Gasteiger partial charge is 0.237 e. The summed E-state index contributed by atoms with van der Waals surface area (Å²) >= 11 is 0. The predicted octanol–water partition coefficient (Wildman–Crippen LogP) is 2.59. The molecule has 0 heterocycles. The van der Waals surface area contributed by atoms with Gasteiger partial charge in [0.2, 0.25) is 5.91 Å². The van der Waals surface area contributed by atoms with E-state index in [0.29, 0.717) is 18.9 Å². The standard InChI is InChI=1S/C17H28N2O2/c1-3-5-6-13(4-2)12-19-17(21)16(18)11-14-7-9-15(20)10-8-14/h7-10,13,16,20H,3-6,11-12,18H2,1-2H3,(H,19,21)/t13?,16-/m0/s1. The second kappa shape index (κ2) is 9.40. The van der Waals surface area contributed by atoms with E-state index < -0.39 is 6.04 Å². The van der Waals surface area contributed by atoms with E-state index in [1.165, 1.54) is 12.8 Å². The number of phenolic OH excluding ortho intramolecular Hbond substituents is 1. The van der Waals surface area contributed by atoms with E-state index in [4.69, 9.17) is 5.73 Å². The van der Waals surface area contributed by atoms with Gasteiger partial charge in [-0.2, -0.15) is 0 Å². The van der Waals surface area contributed by atoms with Gasteiger partial charge in [0.15, 0.2) is 0 Å². The molecule has 1 amide bonds. The van der Waals surface area contributed by atoms with Crippen molar-refractivity contribution in [3.63, 3.8) is 0 Å². The van der Waals surface area contributed by atoms with Crippen LogP contribution in [0, 0.1) is 5.92 Å². The molecule has 0 fully saturated rings. The summed E-state index contributed by atoms with van der Waals surface area (Å²) in [7, 11) is 0. The topological polar surface area (TPSA) is 75.4 Å². The van der Waals surface area contributed by atoms with Crippen LogP contribution >= 0.6 is 0 Å². The molecule has 1 aromatic carbocycles. The van der Waals surface area contributed by atoms with Gasteiger partial charge < -0.3 is 16.2 Å². The lowest BCUT2D eigenvalue weighted by Crippen LogP contribution is -2.43. The molecule has 0 aliphatic carbocycles. The van der Waals surface area contributed by atoms with E-state index in [0.717, 1.165) is 18.4 Å². The minimum absolute atomic E-state index is 0.0991. The van der Waals surface area contributed by atoms with Crippen molar-refractivity contribution in [3.05, 3.63) is 29.8 Å². The molecule has 0 aromatic heterocycles. The van der Waals surface area contributed by atoms with Gasteiger partial charge in [-0.1, -0.05) is 45.2 Å². The van der Waals surface area contributed by atoms with E-state index in [2.05, 4.69) is 19.2 Å². The van der Waals surface area contributed by atoms with Gasteiger partial charge in [0.25, 0.3) is 0 Å². The van der Waals surface area contributed by atoms with Crippen LogP contribution in [0.5, 0.6) is 5.75 Å². The number of carbonyl (C=O) groups is 1. The minimum Gasteiger partial charge on any atom is -0.508 e. The third-order valence-corrected chi connectivity index (χ3v) is 3.84. The van der Waals surface area contributed by atoms with E-state index in [-0.39, 0.29) is 11.7 Å². The maximum atomic E-state index is 12.0. The number of phenols is 1. The van der Waals surface area contributed by atoms with Crippen molar-refractivity contribution in [1.82, 2.24) is 5.32 Å². The Balaban J connectivity index is 2.38. The zero-order chi connectivity index (χ0) is 15.7. The summed E-state index contributed by atoms with van der Waals surface area (Å²) in [6, 6.07) is 6.26. The third kappa shape index (κ3) is 6.63. The number of amides is 1. The normalized spacial score (nSPS) is 13.7. The predicted molar refractivity (Wildman–Crippen MR) is 86.1 cm³/mol. The fraction of sp³-hybridized carbons (Fsp3) is 0.588. The minimum atomic E-state index is -0.543. The molecule has 0 spiro atoms. The summed E-state index contributed by atoms with van der Waals surface area (Å²) in [5.41, 5.74) is 6.89. The second-order valence-corrected chi connectivity index (χ2v) is 5.64. The molecule has 0 bridgehead atoms. The van der Waals surface area contributed by atoms with Gasteiger partial charge in [-0.25, -0.2) is 0 Å². The van der Waals surface area contributed by atoms with Crippen molar-refractivity contribution in [2.24, 2.45) is 11.7 Å². The Morgan fingerprint density at radius 2 is 1.95 bits per heavy atom. The van der Waals surface area contributed by atoms with E-state index >= 15 is 0 Å². The van der Waals surface area contributed by atoms with Gasteiger partial charge in [0, 0.05) is 6.54 Å². The summed E-state index contributed by atoms with van der Waals surface area (Å²) in [6.07, 6.45) is 5.10. The fourth-order valence-corrected chi connectivity index (χ4v) is 2.30. The number of carbonyl (C=O) groups excluding carboxylic acids is 1. The number of unbranched alkanes of at least 4 members (excludes halogenated alkanes) is 1. The van der Waals surface area contributed by atoms with Crippen LogP contribution in [0.2, 0.25) is 0 Å². The van der Waals surface area contributed by atoms with Crippen LogP contribution in [-0.4, -0.2) is 23.6 Å². The average molecular weight is 292 g/mol. The van der Waals surface area contributed by atoms with Gasteiger partial charge in [0.1, 0.15) is 5.75 Å². The maximum Gasteiger partial charge on any atom is 0.237 e. The van der Waals surface area contributed by atoms with Crippen LogP contribution < -0.4 is 11.1 Å². The first-order chi connectivity index (χ1) is 10.1. The Bertz CT molecular complexity index is 417. The average Bonchev–Trinajstić information content (AvgIpc) is 2.49. The fourth-order valence-electron chi connectivity index (χ4n) is 2.30. The number of aromatic hydroxyl groups is 1. The van der Waals surface area contributed by atoms with Gasteiger partial charge >= 0.3 is 0 Å². The Morgan fingerprint density at radius 1 is 1.29 bits per heavy atom. The first kappa shape index (κ1) is 17.5. The molecule has 1 rings (SSSR count). The number of nitrogens with one attached hydrogen (secondary N) is 1. The number of nitrogens with two attached hydrogens (primary N) is 1. The molecular formula is C17H28N2O2. The molecule has 0 aliphatic heterocycles. The Morgan fingerprint density at radius 3 is 2.52 bits per heavy atom. The van der Waals surface area contributed by atoms with Crippen LogP contribution in [-0.2, 0) is 11.2 Å². The van der Waals surface area contributed by atoms with Crippen LogP contribution in [0.15, 0.2) is 24.3 Å². The molecule has 0 saturated carbocycles. The Kier molecular flexibility index (Phi) is 7.83. The van der Waals surface area contributed by atoms with Gasteiger partial charge in [-0.15, -0.1) is 0 Å². The highest BCUT2D eigenvalue weighted by molar-refractivity contribution is 5.81. The maximum absolute atomic E-state index is 12.0. The number of hydrogen-bond acceptors (Lipinski definition) is 3. The number of benzene rings is 1. The number of hydrogen-bond donors (Lipinski definition) is 3. The summed E-state index contributed by atoms with van der Waals surface area (Å²) in [5.74, 6) is 0.659. The molecule has 0 radical (unpaired) electrons. The molecule has 4 heteroatoms. The van der Waals surface area contributed by atoms with Crippen molar-refractivity contribution in [1.29, 1.82) is 0 Å². The van der Waals surface area contributed by atoms with E-state index in [9.17, 15) is 9.90 Å². The molecule has 4 nitrogen and oxygen atoms in total.